The van der Waals surface area contributed by atoms with Gasteiger partial charge in [0.25, 0.3) is 0 Å². The molecule has 0 fully saturated rings. The smallest absolute Gasteiger partial charge is 0.243 e. The topological polar surface area (TPSA) is 99.6 Å². The molecule has 2 rings (SSSR count). The molecule has 8 nitrogen and oxygen atoms in total. The summed E-state index contributed by atoms with van der Waals surface area (Å²) in [5.74, 6) is 0.913. The molecule has 0 aliphatic carbocycles. The number of aryl methyl sites for hydroxylation is 1. The van der Waals surface area contributed by atoms with Gasteiger partial charge in [0.15, 0.2) is 5.75 Å². The van der Waals surface area contributed by atoms with Crippen molar-refractivity contribution in [2.75, 3.05) is 14.2 Å². The second-order valence-electron chi connectivity index (χ2n) is 5.71. The Balaban J connectivity index is 2.42. The Bertz CT molecular complexity index is 980. The number of nitrogens with one attached hydrogen (secondary N) is 1. The molecule has 10 heteroatoms. The Morgan fingerprint density at radius 3 is 2.33 bits per heavy atom. The molecule has 30 heavy (non-hydrogen) atoms. The summed E-state index contributed by atoms with van der Waals surface area (Å²) in [6, 6.07) is 1.52. The fraction of sp³-hybridized carbons (Fsp3) is 0.200. The zero-order chi connectivity index (χ0) is 22.3. The van der Waals surface area contributed by atoms with Gasteiger partial charge in [0.2, 0.25) is 5.91 Å². The van der Waals surface area contributed by atoms with Gasteiger partial charge in [0, 0.05) is 12.1 Å². The van der Waals surface area contributed by atoms with Crippen LogP contribution < -0.4 is 19.5 Å². The van der Waals surface area contributed by atoms with E-state index in [0.29, 0.717) is 17.8 Å². The van der Waals surface area contributed by atoms with Gasteiger partial charge in [-0.25, -0.2) is 9.97 Å². The molecule has 0 spiro atoms. The van der Waals surface area contributed by atoms with E-state index in [-0.39, 0.29) is 51.1 Å². The van der Waals surface area contributed by atoms with Gasteiger partial charge in [-0.1, -0.05) is 29.8 Å². The van der Waals surface area contributed by atoms with Crippen molar-refractivity contribution in [2.45, 2.75) is 13.5 Å². The summed E-state index contributed by atoms with van der Waals surface area (Å²) in [5.41, 5.74) is 0.676. The highest BCUT2D eigenvalue weighted by atomic mass is 35.5. The number of carbonyl (C=O) groups excluding carboxylic acids is 2. The summed E-state index contributed by atoms with van der Waals surface area (Å²) in [7, 11) is 2.87. The zero-order valence-electron chi connectivity index (χ0n) is 16.5. The van der Waals surface area contributed by atoms with Gasteiger partial charge in [-0.15, -0.1) is 0 Å². The monoisotopic (exact) mass is 451 g/mol. The molecule has 0 bridgehead atoms. The number of aromatic nitrogens is 2. The van der Waals surface area contributed by atoms with Gasteiger partial charge in [0.05, 0.1) is 48.3 Å². The molecule has 0 radical (unpaired) electrons. The summed E-state index contributed by atoms with van der Waals surface area (Å²) in [6.45, 7) is 5.18. The molecule has 1 aromatic heterocycles. The first-order valence-corrected chi connectivity index (χ1v) is 9.28. The van der Waals surface area contributed by atoms with E-state index in [1.54, 1.807) is 6.92 Å². The Kier molecular flexibility index (Phi) is 8.20. The van der Waals surface area contributed by atoms with Crippen molar-refractivity contribution < 1.29 is 23.8 Å². The number of hydrogen-bond acceptors (Lipinski definition) is 7. The summed E-state index contributed by atoms with van der Waals surface area (Å²) in [6.07, 6.45) is 4.25. The minimum absolute atomic E-state index is 0.0524. The van der Waals surface area contributed by atoms with Crippen LogP contribution >= 0.6 is 23.2 Å². The molecule has 0 saturated carbocycles. The van der Waals surface area contributed by atoms with Crippen LogP contribution in [-0.2, 0) is 16.1 Å². The molecular weight excluding hydrogens is 433 g/mol. The van der Waals surface area contributed by atoms with E-state index >= 15 is 0 Å². The highest BCUT2D eigenvalue weighted by Gasteiger charge is 2.22. The molecular formula is C20H19Cl2N3O5. The lowest BCUT2D eigenvalue weighted by molar-refractivity contribution is -0.116. The van der Waals surface area contributed by atoms with Crippen molar-refractivity contribution in [1.82, 2.24) is 15.3 Å². The molecule has 0 aliphatic rings. The second-order valence-corrected chi connectivity index (χ2v) is 6.47. The minimum atomic E-state index is -0.343. The summed E-state index contributed by atoms with van der Waals surface area (Å²) in [4.78, 5) is 31.0. The van der Waals surface area contributed by atoms with Crippen molar-refractivity contribution >= 4 is 41.2 Å². The zero-order valence-corrected chi connectivity index (χ0v) is 18.0. The summed E-state index contributed by atoms with van der Waals surface area (Å²) in [5, 5.41) is 2.85. The van der Waals surface area contributed by atoms with Crippen LogP contribution in [0.2, 0.25) is 10.0 Å². The lowest BCUT2D eigenvalue weighted by Gasteiger charge is -2.17. The minimum Gasteiger partial charge on any atom is -0.495 e. The van der Waals surface area contributed by atoms with Gasteiger partial charge < -0.3 is 19.5 Å². The quantitative estimate of drug-likeness (QED) is 0.353. The molecule has 2 aromatic rings. The van der Waals surface area contributed by atoms with Crippen LogP contribution in [-0.4, -0.2) is 36.4 Å². The first kappa shape index (κ1) is 23.2. The molecule has 1 aromatic carbocycles. The number of nitrogens with zero attached hydrogens (tertiary/aromatic N) is 2. The van der Waals surface area contributed by atoms with Crippen LogP contribution in [0.5, 0.6) is 17.2 Å². The van der Waals surface area contributed by atoms with E-state index in [0.717, 1.165) is 12.2 Å². The highest BCUT2D eigenvalue weighted by Crippen LogP contribution is 2.44. The van der Waals surface area contributed by atoms with Crippen LogP contribution in [0.3, 0.4) is 0 Å². The second kappa shape index (κ2) is 10.6. The largest absolute Gasteiger partial charge is 0.495 e. The fourth-order valence-corrected chi connectivity index (χ4v) is 3.07. The summed E-state index contributed by atoms with van der Waals surface area (Å²) < 4.78 is 16.4. The fourth-order valence-electron chi connectivity index (χ4n) is 2.38. The normalized spacial score (nSPS) is 10.9. The number of carbonyl (C=O) groups is 2. The lowest BCUT2D eigenvalue weighted by Crippen LogP contribution is -2.21. The van der Waals surface area contributed by atoms with Crippen molar-refractivity contribution in [2.24, 2.45) is 0 Å². The molecule has 1 amide bonds. The first-order chi connectivity index (χ1) is 14.4. The maximum Gasteiger partial charge on any atom is 0.243 e. The molecule has 0 atom stereocenters. The number of allylic oxidation sites excluding steroid dienone is 1. The Hall–Kier alpha value is -3.10. The van der Waals surface area contributed by atoms with Crippen LogP contribution in [0.1, 0.15) is 17.1 Å². The van der Waals surface area contributed by atoms with Gasteiger partial charge in [0.1, 0.15) is 29.4 Å². The Morgan fingerprint density at radius 2 is 1.83 bits per heavy atom. The number of halogens is 2. The van der Waals surface area contributed by atoms with Gasteiger partial charge in [-0.05, 0) is 13.0 Å². The first-order valence-electron chi connectivity index (χ1n) is 8.52. The van der Waals surface area contributed by atoms with E-state index in [2.05, 4.69) is 21.9 Å². The van der Waals surface area contributed by atoms with Crippen LogP contribution in [0.25, 0.3) is 5.76 Å². The average molecular weight is 452 g/mol. The number of aldehydes is 1. The lowest BCUT2D eigenvalue weighted by atomic mass is 10.1. The maximum atomic E-state index is 11.3. The third-order valence-corrected chi connectivity index (χ3v) is 4.60. The number of rotatable bonds is 9. The van der Waals surface area contributed by atoms with Crippen molar-refractivity contribution in [1.29, 1.82) is 0 Å². The molecule has 0 aliphatic heterocycles. The molecule has 158 valence electrons. The SMILES string of the molecule is C=CC(=O)NCc1ncc(O/C(=C\C=O)c2c(Cl)c(OC)cc(OC)c2Cl)c(C)n1. The summed E-state index contributed by atoms with van der Waals surface area (Å²) >= 11 is 12.8. The van der Waals surface area contributed by atoms with Crippen molar-refractivity contribution in [3.8, 4) is 17.2 Å². The number of benzene rings is 1. The number of ether oxygens (including phenoxy) is 3. The van der Waals surface area contributed by atoms with E-state index in [1.807, 2.05) is 0 Å². The third-order valence-electron chi connectivity index (χ3n) is 3.85. The predicted molar refractivity (Wildman–Crippen MR) is 113 cm³/mol. The van der Waals surface area contributed by atoms with E-state index in [4.69, 9.17) is 37.4 Å². The van der Waals surface area contributed by atoms with E-state index in [1.165, 1.54) is 26.5 Å². The van der Waals surface area contributed by atoms with Gasteiger partial charge in [-0.3, -0.25) is 9.59 Å². The average Bonchev–Trinajstić information content (AvgIpc) is 2.74. The molecule has 1 heterocycles. The van der Waals surface area contributed by atoms with Crippen LogP contribution in [0, 0.1) is 6.92 Å². The highest BCUT2D eigenvalue weighted by molar-refractivity contribution is 6.39. The van der Waals surface area contributed by atoms with E-state index < -0.39 is 0 Å². The standard InChI is InChI=1S/C20H19Cl2N3O5/c1-5-17(27)24-10-16-23-9-15(11(2)25-16)30-12(6-7-26)18-19(21)13(28-3)8-14(29-4)20(18)22/h5-9H,1,10H2,2-4H3,(H,24,27)/b12-6-. The number of amides is 1. The van der Waals surface area contributed by atoms with Crippen LogP contribution in [0.4, 0.5) is 0 Å². The van der Waals surface area contributed by atoms with Gasteiger partial charge >= 0.3 is 0 Å². The van der Waals surface area contributed by atoms with Crippen molar-refractivity contribution in [3.63, 3.8) is 0 Å². The predicted octanol–water partition coefficient (Wildman–Crippen LogP) is 3.53. The number of hydrogen-bond donors (Lipinski definition) is 1. The Morgan fingerprint density at radius 1 is 1.20 bits per heavy atom. The van der Waals surface area contributed by atoms with Gasteiger partial charge in [-0.2, -0.15) is 0 Å². The molecule has 1 N–H and O–H groups in total. The van der Waals surface area contributed by atoms with Crippen LogP contribution in [0.15, 0.2) is 31.0 Å². The van der Waals surface area contributed by atoms with Crippen molar-refractivity contribution in [3.05, 3.63) is 58.1 Å². The molecule has 0 saturated heterocycles. The number of methoxy groups -OCH3 is 2. The maximum absolute atomic E-state index is 11.3. The molecule has 0 unspecified atom stereocenters. The Labute approximate surface area is 183 Å². The third kappa shape index (κ3) is 5.28. The van der Waals surface area contributed by atoms with E-state index in [9.17, 15) is 9.59 Å².